The van der Waals surface area contributed by atoms with Crippen molar-refractivity contribution in [2.24, 2.45) is 0 Å². The van der Waals surface area contributed by atoms with E-state index in [0.29, 0.717) is 6.54 Å². The van der Waals surface area contributed by atoms with Gasteiger partial charge in [0.1, 0.15) is 0 Å². The smallest absolute Gasteiger partial charge is 0.224 e. The Hall–Kier alpha value is -1.27. The van der Waals surface area contributed by atoms with E-state index in [9.17, 15) is 4.39 Å². The van der Waals surface area contributed by atoms with Crippen molar-refractivity contribution in [1.82, 2.24) is 15.0 Å². The lowest BCUT2D eigenvalue weighted by Gasteiger charge is -2.05. The van der Waals surface area contributed by atoms with Gasteiger partial charge in [-0.25, -0.2) is 14.4 Å². The van der Waals surface area contributed by atoms with Crippen molar-refractivity contribution in [2.75, 3.05) is 5.32 Å². The van der Waals surface area contributed by atoms with Crippen LogP contribution in [0.4, 0.5) is 10.2 Å². The number of nitrogens with zero attached hydrogens (tertiary/aromatic N) is 3. The van der Waals surface area contributed by atoms with Gasteiger partial charge in [-0.15, -0.1) is 11.3 Å². The minimum atomic E-state index is -0.522. The number of hydrogen-bond donors (Lipinski definition) is 1. The molecule has 1 N–H and O–H groups in total. The first-order valence-electron chi connectivity index (χ1n) is 4.47. The van der Waals surface area contributed by atoms with Gasteiger partial charge >= 0.3 is 0 Å². The maximum Gasteiger partial charge on any atom is 0.224 e. The molecule has 0 bridgehead atoms. The predicted molar refractivity (Wildman–Crippen MR) is 61.2 cm³/mol. The van der Waals surface area contributed by atoms with Crippen LogP contribution in [0.1, 0.15) is 10.6 Å². The Balaban J connectivity index is 2.10. The van der Waals surface area contributed by atoms with Gasteiger partial charge in [0.2, 0.25) is 5.28 Å². The first-order chi connectivity index (χ1) is 7.66. The third-order valence-corrected chi connectivity index (χ3v) is 3.09. The van der Waals surface area contributed by atoms with E-state index in [0.717, 1.165) is 16.8 Å². The van der Waals surface area contributed by atoms with Crippen LogP contribution in [-0.4, -0.2) is 15.0 Å². The zero-order valence-corrected chi connectivity index (χ0v) is 9.94. The van der Waals surface area contributed by atoms with Gasteiger partial charge in [0.05, 0.1) is 23.9 Å². The van der Waals surface area contributed by atoms with Crippen molar-refractivity contribution in [3.8, 4) is 0 Å². The number of anilines is 1. The van der Waals surface area contributed by atoms with Crippen LogP contribution >= 0.6 is 22.9 Å². The Morgan fingerprint density at radius 1 is 1.50 bits per heavy atom. The van der Waals surface area contributed by atoms with Crippen molar-refractivity contribution in [1.29, 1.82) is 0 Å². The van der Waals surface area contributed by atoms with Crippen LogP contribution in [0.5, 0.6) is 0 Å². The molecule has 0 atom stereocenters. The quantitative estimate of drug-likeness (QED) is 0.860. The number of nitrogens with one attached hydrogen (secondary N) is 1. The Labute approximate surface area is 101 Å². The number of hydrogen-bond acceptors (Lipinski definition) is 5. The van der Waals surface area contributed by atoms with Crippen molar-refractivity contribution in [3.63, 3.8) is 0 Å². The number of rotatable bonds is 3. The average molecular weight is 259 g/mol. The van der Waals surface area contributed by atoms with E-state index in [1.54, 1.807) is 5.51 Å². The summed E-state index contributed by atoms with van der Waals surface area (Å²) in [5.74, 6) is -0.417. The van der Waals surface area contributed by atoms with E-state index >= 15 is 0 Å². The first-order valence-corrected chi connectivity index (χ1v) is 5.73. The molecule has 7 heteroatoms. The summed E-state index contributed by atoms with van der Waals surface area (Å²) in [6.07, 6.45) is 1.04. The van der Waals surface area contributed by atoms with Crippen LogP contribution in [0.15, 0.2) is 11.7 Å². The van der Waals surface area contributed by atoms with Crippen LogP contribution in [-0.2, 0) is 6.54 Å². The molecule has 2 heterocycles. The summed E-state index contributed by atoms with van der Waals surface area (Å²) in [4.78, 5) is 12.4. The van der Waals surface area contributed by atoms with Crippen molar-refractivity contribution < 1.29 is 4.39 Å². The molecular formula is C9H8ClFN4S. The highest BCUT2D eigenvalue weighted by atomic mass is 35.5. The van der Waals surface area contributed by atoms with E-state index in [2.05, 4.69) is 20.3 Å². The second-order valence-electron chi connectivity index (χ2n) is 3.05. The Kier molecular flexibility index (Phi) is 3.31. The summed E-state index contributed by atoms with van der Waals surface area (Å²) < 4.78 is 13.2. The van der Waals surface area contributed by atoms with Crippen LogP contribution in [0, 0.1) is 12.7 Å². The third-order valence-electron chi connectivity index (χ3n) is 1.98. The summed E-state index contributed by atoms with van der Waals surface area (Å²) >= 11 is 7.08. The lowest BCUT2D eigenvalue weighted by molar-refractivity contribution is 0.616. The monoisotopic (exact) mass is 258 g/mol. The van der Waals surface area contributed by atoms with Crippen LogP contribution < -0.4 is 5.32 Å². The van der Waals surface area contributed by atoms with Crippen LogP contribution in [0.25, 0.3) is 0 Å². The fraction of sp³-hybridized carbons (Fsp3) is 0.222. The third kappa shape index (κ3) is 2.45. The largest absolute Gasteiger partial charge is 0.363 e. The highest BCUT2D eigenvalue weighted by molar-refractivity contribution is 7.09. The molecule has 0 saturated heterocycles. The molecule has 0 radical (unpaired) electrons. The van der Waals surface area contributed by atoms with Crippen LogP contribution in [0.3, 0.4) is 0 Å². The zero-order chi connectivity index (χ0) is 11.5. The SMILES string of the molecule is Cc1ncsc1CNc1nc(Cl)ncc1F. The van der Waals surface area contributed by atoms with Crippen LogP contribution in [0.2, 0.25) is 5.28 Å². The second-order valence-corrected chi connectivity index (χ2v) is 4.33. The van der Waals surface area contributed by atoms with Gasteiger partial charge in [-0.1, -0.05) is 0 Å². The molecule has 84 valence electrons. The van der Waals surface area contributed by atoms with Crippen molar-refractivity contribution in [2.45, 2.75) is 13.5 Å². The molecule has 0 amide bonds. The second kappa shape index (κ2) is 4.71. The molecule has 2 aromatic heterocycles. The average Bonchev–Trinajstić information content (AvgIpc) is 2.66. The molecule has 0 aliphatic carbocycles. The van der Waals surface area contributed by atoms with Gasteiger partial charge in [-0.2, -0.15) is 4.98 Å². The summed E-state index contributed by atoms with van der Waals surface area (Å²) in [5, 5.41) is 2.88. The van der Waals surface area contributed by atoms with Gasteiger partial charge in [0.25, 0.3) is 0 Å². The Morgan fingerprint density at radius 3 is 3.00 bits per heavy atom. The molecule has 0 aliphatic rings. The van der Waals surface area contributed by atoms with E-state index < -0.39 is 5.82 Å². The van der Waals surface area contributed by atoms with Gasteiger partial charge in [0, 0.05) is 4.88 Å². The molecule has 16 heavy (non-hydrogen) atoms. The fourth-order valence-electron chi connectivity index (χ4n) is 1.13. The lowest BCUT2D eigenvalue weighted by atomic mass is 10.4. The summed E-state index contributed by atoms with van der Waals surface area (Å²) in [6, 6.07) is 0. The fourth-order valence-corrected chi connectivity index (χ4v) is 1.98. The number of thiazole rings is 1. The Bertz CT molecular complexity index is 502. The van der Waals surface area contributed by atoms with E-state index in [4.69, 9.17) is 11.6 Å². The molecule has 0 saturated carbocycles. The van der Waals surface area contributed by atoms with E-state index in [-0.39, 0.29) is 11.1 Å². The summed E-state index contributed by atoms with van der Waals surface area (Å²) in [5.41, 5.74) is 2.67. The molecule has 0 fully saturated rings. The number of aryl methyl sites for hydroxylation is 1. The molecule has 4 nitrogen and oxygen atoms in total. The first kappa shape index (κ1) is 11.2. The zero-order valence-electron chi connectivity index (χ0n) is 8.37. The molecule has 2 aromatic rings. The molecule has 0 aliphatic heterocycles. The molecule has 2 rings (SSSR count). The minimum Gasteiger partial charge on any atom is -0.363 e. The maximum absolute atomic E-state index is 13.2. The molecular weight excluding hydrogens is 251 g/mol. The lowest BCUT2D eigenvalue weighted by Crippen LogP contribution is -2.04. The standard InChI is InChI=1S/C9H8ClFN4S/c1-5-7(16-4-14-5)3-12-8-6(11)2-13-9(10)15-8/h2,4H,3H2,1H3,(H,12,13,15). The van der Waals surface area contributed by atoms with E-state index in [1.807, 2.05) is 6.92 Å². The van der Waals surface area contributed by atoms with Gasteiger partial charge in [-0.05, 0) is 18.5 Å². The van der Waals surface area contributed by atoms with Gasteiger partial charge in [0.15, 0.2) is 11.6 Å². The molecule has 0 spiro atoms. The number of halogens is 2. The maximum atomic E-state index is 13.2. The predicted octanol–water partition coefficient (Wildman–Crippen LogP) is 2.65. The highest BCUT2D eigenvalue weighted by Gasteiger charge is 2.07. The highest BCUT2D eigenvalue weighted by Crippen LogP contribution is 2.16. The minimum absolute atomic E-state index is 0.0185. The normalized spacial score (nSPS) is 10.4. The van der Waals surface area contributed by atoms with Gasteiger partial charge in [-0.3, -0.25) is 0 Å². The van der Waals surface area contributed by atoms with Crippen molar-refractivity contribution >= 4 is 28.8 Å². The summed E-state index contributed by atoms with van der Waals surface area (Å²) in [7, 11) is 0. The summed E-state index contributed by atoms with van der Waals surface area (Å²) in [6.45, 7) is 2.37. The van der Waals surface area contributed by atoms with Gasteiger partial charge < -0.3 is 5.32 Å². The number of aromatic nitrogens is 3. The molecule has 0 aromatic carbocycles. The van der Waals surface area contributed by atoms with Crippen molar-refractivity contribution in [3.05, 3.63) is 33.4 Å². The van der Waals surface area contributed by atoms with E-state index in [1.165, 1.54) is 11.3 Å². The Morgan fingerprint density at radius 2 is 2.31 bits per heavy atom. The molecule has 0 unspecified atom stereocenters. The topological polar surface area (TPSA) is 50.7 Å².